The van der Waals surface area contributed by atoms with Crippen LogP contribution in [0.5, 0.6) is 5.75 Å². The molecule has 3 nitrogen and oxygen atoms in total. The monoisotopic (exact) mass is 228 g/mol. The Morgan fingerprint density at radius 2 is 2.29 bits per heavy atom. The van der Waals surface area contributed by atoms with Gasteiger partial charge in [-0.15, -0.1) is 0 Å². The van der Waals surface area contributed by atoms with Gasteiger partial charge in [-0.2, -0.15) is 5.26 Å². The highest BCUT2D eigenvalue weighted by Gasteiger charge is 2.18. The highest BCUT2D eigenvalue weighted by Crippen LogP contribution is 2.25. The number of hydrogen-bond acceptors (Lipinski definition) is 3. The van der Waals surface area contributed by atoms with Crippen LogP contribution in [0, 0.1) is 23.2 Å². The Hall–Kier alpha value is -1.82. The zero-order chi connectivity index (χ0) is 12.1. The SMILES string of the molecule is CC1CC=CCC1COc1ccnc(C#N)c1. The normalized spacial score (nSPS) is 23.1. The molecule has 2 rings (SSSR count). The number of pyridine rings is 1. The van der Waals surface area contributed by atoms with E-state index in [1.807, 2.05) is 6.07 Å². The molecule has 0 aromatic carbocycles. The van der Waals surface area contributed by atoms with Crippen LogP contribution in [0.2, 0.25) is 0 Å². The van der Waals surface area contributed by atoms with Gasteiger partial charge in [0, 0.05) is 12.3 Å². The largest absolute Gasteiger partial charge is 0.493 e. The number of allylic oxidation sites excluding steroid dienone is 2. The van der Waals surface area contributed by atoms with Gasteiger partial charge in [0.25, 0.3) is 0 Å². The molecule has 0 radical (unpaired) electrons. The van der Waals surface area contributed by atoms with E-state index in [1.165, 1.54) is 0 Å². The summed E-state index contributed by atoms with van der Waals surface area (Å²) in [6.45, 7) is 2.96. The minimum absolute atomic E-state index is 0.402. The first kappa shape index (κ1) is 11.7. The topological polar surface area (TPSA) is 45.9 Å². The van der Waals surface area contributed by atoms with Gasteiger partial charge >= 0.3 is 0 Å². The quantitative estimate of drug-likeness (QED) is 0.747. The Morgan fingerprint density at radius 1 is 1.47 bits per heavy atom. The predicted octanol–water partition coefficient (Wildman–Crippen LogP) is 2.93. The number of hydrogen-bond donors (Lipinski definition) is 0. The number of nitriles is 1. The van der Waals surface area contributed by atoms with Crippen molar-refractivity contribution < 1.29 is 4.74 Å². The van der Waals surface area contributed by atoms with E-state index >= 15 is 0 Å². The maximum absolute atomic E-state index is 8.74. The van der Waals surface area contributed by atoms with Gasteiger partial charge < -0.3 is 4.74 Å². The maximum atomic E-state index is 8.74. The van der Waals surface area contributed by atoms with Crippen molar-refractivity contribution >= 4 is 0 Å². The van der Waals surface area contributed by atoms with E-state index in [4.69, 9.17) is 10.00 Å². The lowest BCUT2D eigenvalue weighted by Gasteiger charge is -2.25. The summed E-state index contributed by atoms with van der Waals surface area (Å²) in [6.07, 6.45) is 8.28. The molecule has 1 aromatic heterocycles. The Kier molecular flexibility index (Phi) is 3.77. The summed E-state index contributed by atoms with van der Waals surface area (Å²) in [7, 11) is 0. The summed E-state index contributed by atoms with van der Waals surface area (Å²) in [5.41, 5.74) is 0.402. The van der Waals surface area contributed by atoms with Crippen LogP contribution in [0.4, 0.5) is 0 Å². The van der Waals surface area contributed by atoms with Gasteiger partial charge in [-0.25, -0.2) is 4.98 Å². The first-order valence-electron chi connectivity index (χ1n) is 5.93. The van der Waals surface area contributed by atoms with Gasteiger partial charge in [0.1, 0.15) is 17.5 Å². The lowest BCUT2D eigenvalue weighted by atomic mass is 9.85. The van der Waals surface area contributed by atoms with Gasteiger partial charge in [0.05, 0.1) is 6.61 Å². The van der Waals surface area contributed by atoms with Crippen molar-refractivity contribution in [1.82, 2.24) is 4.98 Å². The number of rotatable bonds is 3. The molecule has 0 N–H and O–H groups in total. The molecule has 0 fully saturated rings. The van der Waals surface area contributed by atoms with Crippen LogP contribution in [0.1, 0.15) is 25.5 Å². The first-order chi connectivity index (χ1) is 8.29. The second-order valence-corrected chi connectivity index (χ2v) is 4.48. The van der Waals surface area contributed by atoms with Gasteiger partial charge in [0.2, 0.25) is 0 Å². The summed E-state index contributed by atoms with van der Waals surface area (Å²) in [4.78, 5) is 3.92. The molecule has 2 unspecified atom stereocenters. The van der Waals surface area contributed by atoms with E-state index in [9.17, 15) is 0 Å². The van der Waals surface area contributed by atoms with Crippen molar-refractivity contribution in [2.24, 2.45) is 11.8 Å². The smallest absolute Gasteiger partial charge is 0.144 e. The van der Waals surface area contributed by atoms with E-state index in [2.05, 4.69) is 24.1 Å². The van der Waals surface area contributed by atoms with Crippen molar-refractivity contribution in [3.63, 3.8) is 0 Å². The molecule has 0 aliphatic heterocycles. The fourth-order valence-electron chi connectivity index (χ4n) is 2.00. The molecule has 0 bridgehead atoms. The van der Waals surface area contributed by atoms with E-state index in [1.54, 1.807) is 18.3 Å². The molecular formula is C14H16N2O. The van der Waals surface area contributed by atoms with Gasteiger partial charge in [0.15, 0.2) is 0 Å². The van der Waals surface area contributed by atoms with Gasteiger partial charge in [-0.05, 0) is 30.7 Å². The Bertz CT molecular complexity index is 448. The molecular weight excluding hydrogens is 212 g/mol. The minimum atomic E-state index is 0.402. The number of nitrogens with zero attached hydrogens (tertiary/aromatic N) is 2. The van der Waals surface area contributed by atoms with E-state index in [0.717, 1.165) is 18.6 Å². The lowest BCUT2D eigenvalue weighted by Crippen LogP contribution is -2.21. The molecule has 1 aliphatic rings. The summed E-state index contributed by atoms with van der Waals surface area (Å²) >= 11 is 0. The zero-order valence-electron chi connectivity index (χ0n) is 9.97. The van der Waals surface area contributed by atoms with Gasteiger partial charge in [-0.3, -0.25) is 0 Å². The second-order valence-electron chi connectivity index (χ2n) is 4.48. The molecule has 3 heteroatoms. The third-order valence-corrected chi connectivity index (χ3v) is 3.23. The predicted molar refractivity (Wildman–Crippen MR) is 65.5 cm³/mol. The molecule has 0 saturated carbocycles. The van der Waals surface area contributed by atoms with Crippen molar-refractivity contribution in [2.45, 2.75) is 19.8 Å². The summed E-state index contributed by atoms with van der Waals surface area (Å²) in [5, 5.41) is 8.74. The van der Waals surface area contributed by atoms with Crippen molar-refractivity contribution in [2.75, 3.05) is 6.61 Å². The zero-order valence-corrected chi connectivity index (χ0v) is 9.97. The van der Waals surface area contributed by atoms with Crippen LogP contribution in [0.3, 0.4) is 0 Å². The number of ether oxygens (including phenoxy) is 1. The molecule has 0 saturated heterocycles. The standard InChI is InChI=1S/C14H16N2O/c1-11-4-2-3-5-12(11)10-17-14-6-7-16-13(8-14)9-15/h2-3,6-8,11-12H,4-5,10H2,1H3. The Labute approximate surface area is 102 Å². The van der Waals surface area contributed by atoms with Crippen LogP contribution in [0.25, 0.3) is 0 Å². The highest BCUT2D eigenvalue weighted by molar-refractivity contribution is 5.29. The fourth-order valence-corrected chi connectivity index (χ4v) is 2.00. The van der Waals surface area contributed by atoms with Crippen LogP contribution >= 0.6 is 0 Å². The lowest BCUT2D eigenvalue weighted by molar-refractivity contribution is 0.198. The van der Waals surface area contributed by atoms with E-state index < -0.39 is 0 Å². The van der Waals surface area contributed by atoms with Crippen molar-refractivity contribution in [3.05, 3.63) is 36.2 Å². The fraction of sp³-hybridized carbons (Fsp3) is 0.429. The molecule has 1 heterocycles. The first-order valence-corrected chi connectivity index (χ1v) is 5.93. The molecule has 2 atom stereocenters. The van der Waals surface area contributed by atoms with Crippen LogP contribution in [-0.2, 0) is 0 Å². The maximum Gasteiger partial charge on any atom is 0.144 e. The molecule has 1 aromatic rings. The Balaban J connectivity index is 1.93. The van der Waals surface area contributed by atoms with E-state index in [0.29, 0.717) is 24.1 Å². The highest BCUT2D eigenvalue weighted by atomic mass is 16.5. The molecule has 88 valence electrons. The molecule has 0 spiro atoms. The summed E-state index contributed by atoms with van der Waals surface area (Å²) in [5.74, 6) is 1.97. The third-order valence-electron chi connectivity index (χ3n) is 3.23. The number of aromatic nitrogens is 1. The van der Waals surface area contributed by atoms with Crippen LogP contribution < -0.4 is 4.74 Å². The summed E-state index contributed by atoms with van der Waals surface area (Å²) < 4.78 is 5.73. The van der Waals surface area contributed by atoms with Gasteiger partial charge in [-0.1, -0.05) is 19.1 Å². The minimum Gasteiger partial charge on any atom is -0.493 e. The average molecular weight is 228 g/mol. The van der Waals surface area contributed by atoms with Crippen LogP contribution in [-0.4, -0.2) is 11.6 Å². The van der Waals surface area contributed by atoms with Crippen molar-refractivity contribution in [1.29, 1.82) is 5.26 Å². The second kappa shape index (κ2) is 5.49. The molecule has 1 aliphatic carbocycles. The molecule has 0 amide bonds. The van der Waals surface area contributed by atoms with E-state index in [-0.39, 0.29) is 0 Å². The summed E-state index contributed by atoms with van der Waals surface area (Å²) in [6, 6.07) is 5.49. The Morgan fingerprint density at radius 3 is 3.06 bits per heavy atom. The average Bonchev–Trinajstić information content (AvgIpc) is 2.38. The third kappa shape index (κ3) is 3.07. The molecule has 17 heavy (non-hydrogen) atoms. The van der Waals surface area contributed by atoms with Crippen LogP contribution in [0.15, 0.2) is 30.5 Å². The van der Waals surface area contributed by atoms with Crippen molar-refractivity contribution in [3.8, 4) is 11.8 Å².